The number of aromatic nitrogens is 2. The smallest absolute Gasteiger partial charge is 0.145 e. The second-order valence-electron chi connectivity index (χ2n) is 4.74. The molecule has 1 N–H and O–H groups in total. The Morgan fingerprint density at radius 1 is 1.10 bits per heavy atom. The van der Waals surface area contributed by atoms with Crippen LogP contribution in [0.5, 0.6) is 0 Å². The summed E-state index contributed by atoms with van der Waals surface area (Å²) in [7, 11) is 0. The normalized spacial score (nSPS) is 12.5. The molecule has 0 aliphatic carbocycles. The van der Waals surface area contributed by atoms with Crippen LogP contribution in [0.25, 0.3) is 11.0 Å². The van der Waals surface area contributed by atoms with Gasteiger partial charge >= 0.3 is 0 Å². The molecule has 1 aromatic heterocycles. The van der Waals surface area contributed by atoms with Gasteiger partial charge in [0.1, 0.15) is 5.82 Å². The lowest BCUT2D eigenvalue weighted by atomic mass is 10.0. The molecule has 106 valence electrons. The van der Waals surface area contributed by atoms with Crippen molar-refractivity contribution in [2.45, 2.75) is 12.5 Å². The van der Waals surface area contributed by atoms with E-state index in [-0.39, 0.29) is 11.4 Å². The molecule has 1 unspecified atom stereocenters. The van der Waals surface area contributed by atoms with Crippen molar-refractivity contribution >= 4 is 22.6 Å². The van der Waals surface area contributed by atoms with E-state index in [4.69, 9.17) is 11.6 Å². The van der Waals surface area contributed by atoms with Crippen molar-refractivity contribution in [3.63, 3.8) is 0 Å². The highest BCUT2D eigenvalue weighted by molar-refractivity contribution is 6.30. The minimum Gasteiger partial charge on any atom is -0.388 e. The highest BCUT2D eigenvalue weighted by atomic mass is 35.5. The summed E-state index contributed by atoms with van der Waals surface area (Å²) < 4.78 is 13.9. The van der Waals surface area contributed by atoms with Gasteiger partial charge in [0.05, 0.1) is 22.2 Å². The average molecular weight is 303 g/mol. The predicted molar refractivity (Wildman–Crippen MR) is 79.6 cm³/mol. The molecule has 1 atom stereocenters. The molecule has 5 heteroatoms. The minimum absolute atomic E-state index is 0.0593. The van der Waals surface area contributed by atoms with Gasteiger partial charge in [-0.1, -0.05) is 29.8 Å². The van der Waals surface area contributed by atoms with Crippen LogP contribution < -0.4 is 0 Å². The Kier molecular flexibility index (Phi) is 3.82. The van der Waals surface area contributed by atoms with Gasteiger partial charge in [0, 0.05) is 18.8 Å². The molecule has 0 saturated carbocycles. The molecule has 21 heavy (non-hydrogen) atoms. The van der Waals surface area contributed by atoms with Gasteiger partial charge in [-0.2, -0.15) is 0 Å². The van der Waals surface area contributed by atoms with E-state index in [0.717, 1.165) is 5.52 Å². The summed E-state index contributed by atoms with van der Waals surface area (Å²) in [5.41, 5.74) is 2.50. The lowest BCUT2D eigenvalue weighted by Crippen LogP contribution is -2.04. The maximum atomic E-state index is 13.9. The largest absolute Gasteiger partial charge is 0.388 e. The van der Waals surface area contributed by atoms with Crippen molar-refractivity contribution in [1.29, 1.82) is 0 Å². The maximum absolute atomic E-state index is 13.9. The van der Waals surface area contributed by atoms with E-state index >= 15 is 0 Å². The fraction of sp³-hybridized carbons (Fsp3) is 0.125. The van der Waals surface area contributed by atoms with E-state index in [2.05, 4.69) is 9.97 Å². The number of halogens is 2. The number of benzene rings is 2. The van der Waals surface area contributed by atoms with E-state index in [9.17, 15) is 9.50 Å². The Morgan fingerprint density at radius 2 is 1.86 bits per heavy atom. The van der Waals surface area contributed by atoms with E-state index < -0.39 is 11.9 Å². The standard InChI is InChI=1S/C16H12ClFN2O/c17-12-3-1-2-11(16(12)18)9-15(21)10-4-5-13-14(8-10)20-7-6-19-13/h1-8,15,21H,9H2. The molecular formula is C16H12ClFN2O. The summed E-state index contributed by atoms with van der Waals surface area (Å²) in [6.07, 6.45) is 2.52. The van der Waals surface area contributed by atoms with Gasteiger partial charge in [0.15, 0.2) is 0 Å². The molecule has 3 aromatic rings. The number of hydrogen-bond donors (Lipinski definition) is 1. The van der Waals surface area contributed by atoms with Crippen LogP contribution in [0.2, 0.25) is 5.02 Å². The van der Waals surface area contributed by atoms with E-state index in [0.29, 0.717) is 16.6 Å². The Hall–Kier alpha value is -2.04. The first-order valence-corrected chi connectivity index (χ1v) is 6.84. The number of rotatable bonds is 3. The zero-order chi connectivity index (χ0) is 14.8. The Labute approximate surface area is 126 Å². The summed E-state index contributed by atoms with van der Waals surface area (Å²) in [6.45, 7) is 0. The first-order valence-electron chi connectivity index (χ1n) is 6.47. The molecule has 0 fully saturated rings. The molecule has 0 spiro atoms. The summed E-state index contributed by atoms with van der Waals surface area (Å²) in [5.74, 6) is -0.487. The number of aliphatic hydroxyl groups excluding tert-OH is 1. The summed E-state index contributed by atoms with van der Waals surface area (Å²) in [5, 5.41) is 10.4. The van der Waals surface area contributed by atoms with Crippen LogP contribution in [0.15, 0.2) is 48.8 Å². The summed E-state index contributed by atoms with van der Waals surface area (Å²) in [4.78, 5) is 8.36. The number of hydrogen-bond acceptors (Lipinski definition) is 3. The van der Waals surface area contributed by atoms with Crippen molar-refractivity contribution in [3.05, 3.63) is 70.8 Å². The van der Waals surface area contributed by atoms with Gasteiger partial charge in [0.2, 0.25) is 0 Å². The Balaban J connectivity index is 1.89. The van der Waals surface area contributed by atoms with Crippen molar-refractivity contribution in [1.82, 2.24) is 9.97 Å². The van der Waals surface area contributed by atoms with Gasteiger partial charge < -0.3 is 5.11 Å². The van der Waals surface area contributed by atoms with Crippen LogP contribution in [0.1, 0.15) is 17.2 Å². The third-order valence-corrected chi connectivity index (χ3v) is 3.61. The highest BCUT2D eigenvalue weighted by Crippen LogP contribution is 2.25. The summed E-state index contributed by atoms with van der Waals surface area (Å²) >= 11 is 5.75. The zero-order valence-electron chi connectivity index (χ0n) is 11.0. The van der Waals surface area contributed by atoms with Crippen LogP contribution in [0.3, 0.4) is 0 Å². The van der Waals surface area contributed by atoms with E-state index in [1.807, 2.05) is 0 Å². The highest BCUT2D eigenvalue weighted by Gasteiger charge is 2.14. The van der Waals surface area contributed by atoms with Gasteiger partial charge in [-0.15, -0.1) is 0 Å². The fourth-order valence-corrected chi connectivity index (χ4v) is 2.41. The third-order valence-electron chi connectivity index (χ3n) is 3.32. The average Bonchev–Trinajstić information content (AvgIpc) is 2.51. The molecule has 0 aliphatic heterocycles. The van der Waals surface area contributed by atoms with Gasteiger partial charge in [0.25, 0.3) is 0 Å². The first kappa shape index (κ1) is 13.9. The van der Waals surface area contributed by atoms with Crippen molar-refractivity contribution in [2.24, 2.45) is 0 Å². The molecule has 0 radical (unpaired) electrons. The van der Waals surface area contributed by atoms with Crippen LogP contribution in [0, 0.1) is 5.82 Å². The first-order chi connectivity index (χ1) is 10.1. The van der Waals surface area contributed by atoms with Gasteiger partial charge in [-0.05, 0) is 29.3 Å². The second kappa shape index (κ2) is 5.76. The second-order valence-corrected chi connectivity index (χ2v) is 5.14. The molecule has 0 saturated heterocycles. The lowest BCUT2D eigenvalue weighted by molar-refractivity contribution is 0.177. The molecule has 3 nitrogen and oxygen atoms in total. The monoisotopic (exact) mass is 302 g/mol. The van der Waals surface area contributed by atoms with Crippen molar-refractivity contribution in [3.8, 4) is 0 Å². The minimum atomic E-state index is -0.829. The molecule has 3 rings (SSSR count). The molecule has 0 bridgehead atoms. The van der Waals surface area contributed by atoms with E-state index in [1.165, 1.54) is 6.07 Å². The van der Waals surface area contributed by atoms with E-state index in [1.54, 1.807) is 42.7 Å². The molecule has 0 aliphatic rings. The quantitative estimate of drug-likeness (QED) is 0.802. The van der Waals surface area contributed by atoms with Crippen LogP contribution >= 0.6 is 11.6 Å². The lowest BCUT2D eigenvalue weighted by Gasteiger charge is -2.12. The van der Waals surface area contributed by atoms with Gasteiger partial charge in [-0.25, -0.2) is 4.39 Å². The number of aliphatic hydroxyl groups is 1. The number of nitrogens with zero attached hydrogens (tertiary/aromatic N) is 2. The molecule has 1 heterocycles. The fourth-order valence-electron chi connectivity index (χ4n) is 2.22. The zero-order valence-corrected chi connectivity index (χ0v) is 11.8. The number of fused-ring (bicyclic) bond motifs is 1. The van der Waals surface area contributed by atoms with Crippen LogP contribution in [0.4, 0.5) is 4.39 Å². The molecular weight excluding hydrogens is 291 g/mol. The van der Waals surface area contributed by atoms with Crippen molar-refractivity contribution < 1.29 is 9.50 Å². The summed E-state index contributed by atoms with van der Waals surface area (Å²) in [6, 6.07) is 10.1. The maximum Gasteiger partial charge on any atom is 0.145 e. The predicted octanol–water partition coefficient (Wildman–Crippen LogP) is 3.70. The van der Waals surface area contributed by atoms with Crippen molar-refractivity contribution in [2.75, 3.05) is 0 Å². The van der Waals surface area contributed by atoms with Crippen LogP contribution in [-0.2, 0) is 6.42 Å². The Bertz CT molecular complexity index is 794. The Morgan fingerprint density at radius 3 is 2.67 bits per heavy atom. The molecule has 2 aromatic carbocycles. The topological polar surface area (TPSA) is 46.0 Å². The van der Waals surface area contributed by atoms with Gasteiger partial charge in [-0.3, -0.25) is 9.97 Å². The third kappa shape index (κ3) is 2.86. The van der Waals surface area contributed by atoms with Crippen LogP contribution in [-0.4, -0.2) is 15.1 Å². The SMILES string of the molecule is OC(Cc1cccc(Cl)c1F)c1ccc2nccnc2c1. The molecule has 0 amide bonds.